The first-order valence-electron chi connectivity index (χ1n) is 5.91. The topological polar surface area (TPSA) is 49.5 Å². The highest BCUT2D eigenvalue weighted by molar-refractivity contribution is 5.47. The van der Waals surface area contributed by atoms with Crippen molar-refractivity contribution < 1.29 is 5.11 Å². The van der Waals surface area contributed by atoms with Crippen molar-refractivity contribution in [2.24, 2.45) is 5.73 Å². The summed E-state index contributed by atoms with van der Waals surface area (Å²) in [5.41, 5.74) is 8.11. The van der Waals surface area contributed by atoms with E-state index in [9.17, 15) is 0 Å². The van der Waals surface area contributed by atoms with E-state index in [-0.39, 0.29) is 12.6 Å². The van der Waals surface area contributed by atoms with Crippen LogP contribution in [-0.4, -0.2) is 30.8 Å². The van der Waals surface area contributed by atoms with Crippen LogP contribution in [0.25, 0.3) is 0 Å². The van der Waals surface area contributed by atoms with Crippen LogP contribution in [-0.2, 0) is 6.42 Å². The number of aliphatic hydroxyl groups is 1. The summed E-state index contributed by atoms with van der Waals surface area (Å²) in [5.74, 6) is 0. The molecule has 0 aliphatic rings. The Kier molecular flexibility index (Phi) is 5.29. The molecule has 90 valence electrons. The maximum atomic E-state index is 8.88. The minimum Gasteiger partial charge on any atom is -0.395 e. The van der Waals surface area contributed by atoms with Gasteiger partial charge in [-0.15, -0.1) is 0 Å². The predicted molar refractivity (Wildman–Crippen MR) is 68.8 cm³/mol. The molecular weight excluding hydrogens is 200 g/mol. The lowest BCUT2D eigenvalue weighted by molar-refractivity contribution is 0.265. The van der Waals surface area contributed by atoms with Gasteiger partial charge in [-0.2, -0.15) is 0 Å². The maximum absolute atomic E-state index is 8.88. The molecule has 1 atom stereocenters. The van der Waals surface area contributed by atoms with E-state index in [1.807, 2.05) is 0 Å². The zero-order valence-electron chi connectivity index (χ0n) is 10.2. The van der Waals surface area contributed by atoms with Gasteiger partial charge in [0.1, 0.15) is 0 Å². The van der Waals surface area contributed by atoms with Gasteiger partial charge < -0.3 is 15.7 Å². The average Bonchev–Trinajstić information content (AvgIpc) is 2.32. The van der Waals surface area contributed by atoms with Crippen molar-refractivity contribution >= 4 is 5.69 Å². The van der Waals surface area contributed by atoms with Crippen LogP contribution in [0.2, 0.25) is 0 Å². The number of benzene rings is 1. The van der Waals surface area contributed by atoms with Crippen molar-refractivity contribution in [1.29, 1.82) is 0 Å². The quantitative estimate of drug-likeness (QED) is 0.765. The molecule has 0 aliphatic carbocycles. The predicted octanol–water partition coefficient (Wildman–Crippen LogP) is 1.39. The second-order valence-electron chi connectivity index (χ2n) is 3.99. The third-order valence-electron chi connectivity index (χ3n) is 2.80. The summed E-state index contributed by atoms with van der Waals surface area (Å²) in [6.45, 7) is 6.38. The number of hydrogen-bond donors (Lipinski definition) is 2. The van der Waals surface area contributed by atoms with Gasteiger partial charge in [0, 0.05) is 24.8 Å². The van der Waals surface area contributed by atoms with E-state index in [0.29, 0.717) is 0 Å². The third kappa shape index (κ3) is 3.51. The molecule has 3 heteroatoms. The van der Waals surface area contributed by atoms with Crippen molar-refractivity contribution in [3.63, 3.8) is 0 Å². The molecule has 0 saturated carbocycles. The van der Waals surface area contributed by atoms with E-state index in [1.54, 1.807) is 0 Å². The van der Waals surface area contributed by atoms with Crippen LogP contribution in [0.5, 0.6) is 0 Å². The fourth-order valence-electron chi connectivity index (χ4n) is 1.80. The van der Waals surface area contributed by atoms with E-state index < -0.39 is 0 Å². The maximum Gasteiger partial charge on any atom is 0.0585 e. The Bertz CT molecular complexity index is 293. The van der Waals surface area contributed by atoms with Crippen molar-refractivity contribution in [3.05, 3.63) is 29.8 Å². The van der Waals surface area contributed by atoms with E-state index in [2.05, 4.69) is 43.0 Å². The molecule has 1 rings (SSSR count). The van der Waals surface area contributed by atoms with Gasteiger partial charge in [0.05, 0.1) is 6.61 Å². The number of aliphatic hydroxyl groups excluding tert-OH is 1. The molecule has 0 amide bonds. The lowest BCUT2D eigenvalue weighted by Gasteiger charge is -2.21. The smallest absolute Gasteiger partial charge is 0.0585 e. The summed E-state index contributed by atoms with van der Waals surface area (Å²) >= 11 is 0. The first-order valence-corrected chi connectivity index (χ1v) is 5.91. The van der Waals surface area contributed by atoms with Gasteiger partial charge >= 0.3 is 0 Å². The average molecular weight is 222 g/mol. The van der Waals surface area contributed by atoms with Crippen molar-refractivity contribution in [3.8, 4) is 0 Å². The Morgan fingerprint density at radius 2 is 1.75 bits per heavy atom. The molecule has 3 nitrogen and oxygen atoms in total. The van der Waals surface area contributed by atoms with Crippen LogP contribution in [0.15, 0.2) is 24.3 Å². The first kappa shape index (κ1) is 13.0. The van der Waals surface area contributed by atoms with Gasteiger partial charge in [0.15, 0.2) is 0 Å². The number of anilines is 1. The zero-order valence-corrected chi connectivity index (χ0v) is 10.2. The van der Waals surface area contributed by atoms with Crippen LogP contribution in [0.3, 0.4) is 0 Å². The summed E-state index contributed by atoms with van der Waals surface area (Å²) in [5, 5.41) is 8.88. The van der Waals surface area contributed by atoms with Crippen LogP contribution in [0.1, 0.15) is 19.4 Å². The van der Waals surface area contributed by atoms with Gasteiger partial charge in [0.25, 0.3) is 0 Å². The zero-order chi connectivity index (χ0) is 12.0. The molecule has 1 unspecified atom stereocenters. The Morgan fingerprint density at radius 3 is 2.19 bits per heavy atom. The molecule has 1 aromatic carbocycles. The Labute approximate surface area is 97.9 Å². The van der Waals surface area contributed by atoms with E-state index in [1.165, 1.54) is 11.3 Å². The highest BCUT2D eigenvalue weighted by atomic mass is 16.3. The normalized spacial score (nSPS) is 12.5. The van der Waals surface area contributed by atoms with E-state index in [0.717, 1.165) is 19.5 Å². The number of nitrogens with two attached hydrogens (primary N) is 1. The molecule has 0 heterocycles. The highest BCUT2D eigenvalue weighted by Crippen LogP contribution is 2.15. The summed E-state index contributed by atoms with van der Waals surface area (Å²) in [4.78, 5) is 2.30. The summed E-state index contributed by atoms with van der Waals surface area (Å²) in [6.07, 6.45) is 0.731. The van der Waals surface area contributed by atoms with Crippen LogP contribution >= 0.6 is 0 Å². The van der Waals surface area contributed by atoms with Crippen LogP contribution in [0.4, 0.5) is 5.69 Å². The first-order chi connectivity index (χ1) is 7.71. The number of nitrogens with zero attached hydrogens (tertiary/aromatic N) is 1. The minimum atomic E-state index is -0.153. The summed E-state index contributed by atoms with van der Waals surface area (Å²) in [6, 6.07) is 8.25. The Morgan fingerprint density at radius 1 is 1.19 bits per heavy atom. The molecule has 16 heavy (non-hydrogen) atoms. The third-order valence-corrected chi connectivity index (χ3v) is 2.80. The second-order valence-corrected chi connectivity index (χ2v) is 3.99. The van der Waals surface area contributed by atoms with Crippen LogP contribution in [0, 0.1) is 0 Å². The van der Waals surface area contributed by atoms with E-state index in [4.69, 9.17) is 10.8 Å². The van der Waals surface area contributed by atoms with Crippen molar-refractivity contribution in [1.82, 2.24) is 0 Å². The SMILES string of the molecule is CCN(CC)c1ccc(CC(N)CO)cc1. The standard InChI is InChI=1S/C13H22N2O/c1-3-15(4-2)13-7-5-11(6-8-13)9-12(14)10-16/h5-8,12,16H,3-4,9-10,14H2,1-2H3. The molecule has 0 aromatic heterocycles. The fourth-order valence-corrected chi connectivity index (χ4v) is 1.80. The van der Waals surface area contributed by atoms with Gasteiger partial charge in [-0.25, -0.2) is 0 Å². The lowest BCUT2D eigenvalue weighted by Crippen LogP contribution is -2.27. The Balaban J connectivity index is 2.67. The summed E-state index contributed by atoms with van der Waals surface area (Å²) < 4.78 is 0. The van der Waals surface area contributed by atoms with Gasteiger partial charge in [-0.05, 0) is 38.0 Å². The van der Waals surface area contributed by atoms with E-state index >= 15 is 0 Å². The highest BCUT2D eigenvalue weighted by Gasteiger charge is 2.04. The molecule has 0 radical (unpaired) electrons. The van der Waals surface area contributed by atoms with Gasteiger partial charge in [-0.1, -0.05) is 12.1 Å². The Hall–Kier alpha value is -1.06. The molecule has 0 bridgehead atoms. The second kappa shape index (κ2) is 6.51. The molecule has 3 N–H and O–H groups in total. The lowest BCUT2D eigenvalue weighted by atomic mass is 10.1. The number of hydrogen-bond acceptors (Lipinski definition) is 3. The molecule has 0 spiro atoms. The molecule has 0 aliphatic heterocycles. The van der Waals surface area contributed by atoms with Gasteiger partial charge in [0.2, 0.25) is 0 Å². The molecule has 0 saturated heterocycles. The number of rotatable bonds is 6. The fraction of sp³-hybridized carbons (Fsp3) is 0.538. The summed E-state index contributed by atoms with van der Waals surface area (Å²) in [7, 11) is 0. The minimum absolute atomic E-state index is 0.0395. The van der Waals surface area contributed by atoms with Crippen LogP contribution < -0.4 is 10.6 Å². The van der Waals surface area contributed by atoms with Crippen molar-refractivity contribution in [2.45, 2.75) is 26.3 Å². The monoisotopic (exact) mass is 222 g/mol. The largest absolute Gasteiger partial charge is 0.395 e. The molecule has 1 aromatic rings. The molecular formula is C13H22N2O. The molecule has 0 fully saturated rings. The van der Waals surface area contributed by atoms with Gasteiger partial charge in [-0.3, -0.25) is 0 Å². The van der Waals surface area contributed by atoms with Crippen molar-refractivity contribution in [2.75, 3.05) is 24.6 Å².